The summed E-state index contributed by atoms with van der Waals surface area (Å²) in [6, 6.07) is 16.5. The number of fused-ring (bicyclic) bond motifs is 3. The molecule has 0 aromatic heterocycles. The maximum absolute atomic E-state index is 9.55. The molecular formula is C27H35NO5. The topological polar surface area (TPSA) is 87.1 Å². The molecule has 4 rings (SSSR count). The van der Waals surface area contributed by atoms with Crippen LogP contribution in [-0.4, -0.2) is 52.8 Å². The van der Waals surface area contributed by atoms with E-state index in [0.717, 1.165) is 30.4 Å². The van der Waals surface area contributed by atoms with E-state index in [1.807, 2.05) is 0 Å². The zero-order valence-corrected chi connectivity index (χ0v) is 19.5. The molecule has 0 amide bonds. The first-order valence-corrected chi connectivity index (χ1v) is 11.9. The molecule has 2 aromatic rings. The second kappa shape index (κ2) is 11.8. The van der Waals surface area contributed by atoms with E-state index in [-0.39, 0.29) is 0 Å². The fourth-order valence-electron chi connectivity index (χ4n) is 5.38. The highest BCUT2D eigenvalue weighted by molar-refractivity contribution is 5.89. The van der Waals surface area contributed by atoms with E-state index < -0.39 is 11.9 Å². The van der Waals surface area contributed by atoms with Crippen LogP contribution in [0.25, 0.3) is 10.8 Å². The fraction of sp³-hybridized carbons (Fsp3) is 0.481. The molecule has 178 valence electrons. The quantitative estimate of drug-likeness (QED) is 0.533. The van der Waals surface area contributed by atoms with Gasteiger partial charge in [0.15, 0.2) is 0 Å². The first kappa shape index (κ1) is 24.8. The average Bonchev–Trinajstić information content (AvgIpc) is 3.05. The van der Waals surface area contributed by atoms with Crippen molar-refractivity contribution in [1.82, 2.24) is 4.90 Å². The Labute approximate surface area is 195 Å². The zero-order chi connectivity index (χ0) is 23.8. The molecular weight excluding hydrogens is 418 g/mol. The number of rotatable bonds is 8. The lowest BCUT2D eigenvalue weighted by Gasteiger charge is -2.43. The number of piperidine rings is 1. The van der Waals surface area contributed by atoms with Gasteiger partial charge >= 0.3 is 11.9 Å². The van der Waals surface area contributed by atoms with E-state index in [0.29, 0.717) is 18.1 Å². The van der Waals surface area contributed by atoms with Gasteiger partial charge in [0.05, 0.1) is 6.61 Å². The minimum atomic E-state index is -1.26. The van der Waals surface area contributed by atoms with Crippen molar-refractivity contribution in [1.29, 1.82) is 0 Å². The molecule has 2 saturated heterocycles. The van der Waals surface area contributed by atoms with E-state index in [9.17, 15) is 9.59 Å². The van der Waals surface area contributed by atoms with Gasteiger partial charge in [-0.05, 0) is 50.1 Å². The van der Waals surface area contributed by atoms with E-state index >= 15 is 0 Å². The monoisotopic (exact) mass is 453 g/mol. The van der Waals surface area contributed by atoms with Crippen LogP contribution in [0.5, 0.6) is 5.75 Å². The third-order valence-electron chi connectivity index (χ3n) is 7.05. The van der Waals surface area contributed by atoms with Crippen molar-refractivity contribution in [2.75, 3.05) is 13.7 Å². The number of unbranched alkanes of at least 4 members (excludes halogenated alkanes) is 1. The van der Waals surface area contributed by atoms with Gasteiger partial charge < -0.3 is 19.8 Å². The molecule has 2 N–H and O–H groups in total. The van der Waals surface area contributed by atoms with Crippen LogP contribution in [0.2, 0.25) is 0 Å². The molecule has 0 radical (unpaired) electrons. The summed E-state index contributed by atoms with van der Waals surface area (Å²) >= 11 is 0. The van der Waals surface area contributed by atoms with Crippen LogP contribution in [0.4, 0.5) is 0 Å². The Morgan fingerprint density at radius 2 is 1.76 bits per heavy atom. The van der Waals surface area contributed by atoms with Gasteiger partial charge in [0.2, 0.25) is 0 Å². The Bertz CT molecular complexity index is 951. The molecule has 2 aromatic carbocycles. The lowest BCUT2D eigenvalue weighted by Crippen LogP contribution is -2.48. The molecule has 2 bridgehead atoms. The minimum absolute atomic E-state index is 0.558. The van der Waals surface area contributed by atoms with Gasteiger partial charge in [0, 0.05) is 35.5 Å². The molecule has 0 aliphatic carbocycles. The predicted molar refractivity (Wildman–Crippen MR) is 130 cm³/mol. The molecule has 2 fully saturated rings. The van der Waals surface area contributed by atoms with Crippen LogP contribution in [0, 0.1) is 11.8 Å². The summed E-state index contributed by atoms with van der Waals surface area (Å²) in [5.41, 5.74) is 0. The first-order valence-electron chi connectivity index (χ1n) is 11.9. The first-order chi connectivity index (χ1) is 15.9. The summed E-state index contributed by atoms with van der Waals surface area (Å²) in [6.45, 7) is 3.18. The number of carbonyl (C=O) groups is 2. The summed E-state index contributed by atoms with van der Waals surface area (Å²) < 4.78 is 6.44. The summed E-state index contributed by atoms with van der Waals surface area (Å²) in [4.78, 5) is 21.8. The second-order valence-electron chi connectivity index (χ2n) is 9.06. The third kappa shape index (κ3) is 6.57. The van der Waals surface area contributed by atoms with Gasteiger partial charge in [-0.25, -0.2) is 9.59 Å². The Balaban J connectivity index is 0.000000331. The van der Waals surface area contributed by atoms with Crippen molar-refractivity contribution in [2.24, 2.45) is 11.8 Å². The number of carboxylic acid groups (broad SMARTS) is 2. The Morgan fingerprint density at radius 3 is 2.45 bits per heavy atom. The number of carboxylic acids is 2. The third-order valence-corrected chi connectivity index (χ3v) is 7.05. The number of hydrogen-bond acceptors (Lipinski definition) is 4. The zero-order valence-electron chi connectivity index (χ0n) is 19.5. The lowest BCUT2D eigenvalue weighted by molar-refractivity contribution is -0.134. The summed E-state index contributed by atoms with van der Waals surface area (Å²) in [5, 5.41) is 18.1. The standard InChI is InChI=1S/C23H31NO.C4H4O4/c1-3-4-8-18-15-19-13-14-22(24(19)2)21(18)16-25-23-12-7-10-17-9-5-6-11-20(17)23;5-3(6)1-2-4(7)8/h5-7,9-12,18-19,21-22H,3-4,8,13-16H2,1-2H3;1-2H,(H,5,6)(H,7,8)/b;2-1+/t18-,19?,21+,22?;/m0./s1. The maximum atomic E-state index is 9.55. The highest BCUT2D eigenvalue weighted by atomic mass is 16.5. The molecule has 0 spiro atoms. The largest absolute Gasteiger partial charge is 0.493 e. The van der Waals surface area contributed by atoms with Crippen LogP contribution < -0.4 is 4.74 Å². The highest BCUT2D eigenvalue weighted by Gasteiger charge is 2.45. The predicted octanol–water partition coefficient (Wildman–Crippen LogP) is 5.22. The second-order valence-corrected chi connectivity index (χ2v) is 9.06. The van der Waals surface area contributed by atoms with Crippen molar-refractivity contribution < 1.29 is 24.5 Å². The lowest BCUT2D eigenvalue weighted by atomic mass is 9.78. The molecule has 33 heavy (non-hydrogen) atoms. The summed E-state index contributed by atoms with van der Waals surface area (Å²) in [7, 11) is 2.34. The maximum Gasteiger partial charge on any atom is 0.328 e. The fourth-order valence-corrected chi connectivity index (χ4v) is 5.38. The van der Waals surface area contributed by atoms with Crippen molar-refractivity contribution in [3.63, 3.8) is 0 Å². The van der Waals surface area contributed by atoms with Gasteiger partial charge in [-0.2, -0.15) is 0 Å². The van der Waals surface area contributed by atoms with Gasteiger partial charge in [0.1, 0.15) is 5.75 Å². The molecule has 2 aliphatic rings. The van der Waals surface area contributed by atoms with Gasteiger partial charge in [-0.15, -0.1) is 0 Å². The smallest absolute Gasteiger partial charge is 0.328 e. The number of ether oxygens (including phenoxy) is 1. The van der Waals surface area contributed by atoms with Crippen molar-refractivity contribution in [2.45, 2.75) is 57.5 Å². The molecule has 2 heterocycles. The molecule has 0 saturated carbocycles. The van der Waals surface area contributed by atoms with Gasteiger partial charge in [-0.1, -0.05) is 56.2 Å². The number of benzene rings is 2. The Morgan fingerprint density at radius 1 is 1.06 bits per heavy atom. The SMILES string of the molecule is CCCC[C@H]1CC2CCC([C@@H]1COc1cccc3ccccc13)N2C.O=C(O)/C=C/C(=O)O. The highest BCUT2D eigenvalue weighted by Crippen LogP contribution is 2.43. The molecule has 2 unspecified atom stereocenters. The van der Waals surface area contributed by atoms with Crippen LogP contribution in [0.1, 0.15) is 45.4 Å². The molecule has 2 aliphatic heterocycles. The van der Waals surface area contributed by atoms with E-state index in [2.05, 4.69) is 61.3 Å². The van der Waals surface area contributed by atoms with Crippen LogP contribution >= 0.6 is 0 Å². The average molecular weight is 454 g/mol. The van der Waals surface area contributed by atoms with Crippen molar-refractivity contribution in [3.05, 3.63) is 54.6 Å². The summed E-state index contributed by atoms with van der Waals surface area (Å²) in [5.74, 6) is 0.0489. The van der Waals surface area contributed by atoms with Crippen molar-refractivity contribution in [3.8, 4) is 5.75 Å². The Hall–Kier alpha value is -2.86. The van der Waals surface area contributed by atoms with Crippen LogP contribution in [-0.2, 0) is 9.59 Å². The summed E-state index contributed by atoms with van der Waals surface area (Å²) in [6.07, 6.45) is 9.27. The minimum Gasteiger partial charge on any atom is -0.493 e. The molecule has 6 nitrogen and oxygen atoms in total. The van der Waals surface area contributed by atoms with Crippen molar-refractivity contribution >= 4 is 22.7 Å². The molecule has 6 heteroatoms. The van der Waals surface area contributed by atoms with E-state index in [1.165, 1.54) is 49.3 Å². The number of hydrogen-bond donors (Lipinski definition) is 2. The van der Waals surface area contributed by atoms with Gasteiger partial charge in [-0.3, -0.25) is 0 Å². The van der Waals surface area contributed by atoms with Crippen LogP contribution in [0.15, 0.2) is 54.6 Å². The van der Waals surface area contributed by atoms with E-state index in [1.54, 1.807) is 0 Å². The van der Waals surface area contributed by atoms with Crippen LogP contribution in [0.3, 0.4) is 0 Å². The van der Waals surface area contributed by atoms with E-state index in [4.69, 9.17) is 14.9 Å². The normalized spacial score (nSPS) is 24.4. The number of nitrogens with zero attached hydrogens (tertiary/aromatic N) is 1. The van der Waals surface area contributed by atoms with Gasteiger partial charge in [0.25, 0.3) is 0 Å². The Kier molecular flexibility index (Phi) is 8.89. The number of aliphatic carboxylic acids is 2. The molecule has 4 atom stereocenters.